The first-order valence-electron chi connectivity index (χ1n) is 11.8. The van der Waals surface area contributed by atoms with Gasteiger partial charge in [0.05, 0.1) is 39.6 Å². The summed E-state index contributed by atoms with van der Waals surface area (Å²) in [6.07, 6.45) is 0.822. The minimum atomic E-state index is -0.937. The highest BCUT2D eigenvalue weighted by Crippen LogP contribution is 2.45. The Bertz CT molecular complexity index is 1310. The second-order valence-corrected chi connectivity index (χ2v) is 8.33. The summed E-state index contributed by atoms with van der Waals surface area (Å²) in [5.41, 5.74) is 1.16. The van der Waals surface area contributed by atoms with E-state index in [9.17, 15) is 14.7 Å². The van der Waals surface area contributed by atoms with Crippen molar-refractivity contribution in [1.29, 1.82) is 0 Å². The van der Waals surface area contributed by atoms with Gasteiger partial charge in [-0.1, -0.05) is 25.1 Å². The van der Waals surface area contributed by atoms with E-state index < -0.39 is 23.5 Å². The lowest BCUT2D eigenvalue weighted by Crippen LogP contribution is -2.29. The summed E-state index contributed by atoms with van der Waals surface area (Å²) >= 11 is 0. The quantitative estimate of drug-likeness (QED) is 0.246. The van der Waals surface area contributed by atoms with E-state index in [4.69, 9.17) is 18.9 Å². The minimum Gasteiger partial charge on any atom is -0.506 e. The number of nitrogens with zero attached hydrogens (tertiary/aromatic N) is 1. The number of rotatable bonds is 9. The molecule has 37 heavy (non-hydrogen) atoms. The lowest BCUT2D eigenvalue weighted by molar-refractivity contribution is -0.132. The number of amides is 1. The number of ketones is 1. The van der Waals surface area contributed by atoms with Crippen LogP contribution in [0.1, 0.15) is 30.5 Å². The van der Waals surface area contributed by atoms with Crippen LogP contribution in [0.4, 0.5) is 5.69 Å². The van der Waals surface area contributed by atoms with Gasteiger partial charge in [0.2, 0.25) is 0 Å². The summed E-state index contributed by atoms with van der Waals surface area (Å²) in [4.78, 5) is 28.4. The van der Waals surface area contributed by atoms with Crippen LogP contribution >= 0.6 is 0 Å². The van der Waals surface area contributed by atoms with Gasteiger partial charge >= 0.3 is 0 Å². The van der Waals surface area contributed by atoms with Gasteiger partial charge in [0, 0.05) is 5.69 Å². The molecule has 1 unspecified atom stereocenters. The molecule has 3 aromatic rings. The Labute approximate surface area is 215 Å². The molecule has 0 radical (unpaired) electrons. The van der Waals surface area contributed by atoms with Crippen LogP contribution in [-0.2, 0) is 9.59 Å². The van der Waals surface area contributed by atoms with E-state index in [0.717, 1.165) is 6.42 Å². The second-order valence-electron chi connectivity index (χ2n) is 8.33. The van der Waals surface area contributed by atoms with Crippen LogP contribution in [0.3, 0.4) is 0 Å². The predicted molar refractivity (Wildman–Crippen MR) is 140 cm³/mol. The molecule has 3 aromatic carbocycles. The number of hydrogen-bond acceptors (Lipinski definition) is 7. The monoisotopic (exact) mass is 503 g/mol. The Hall–Kier alpha value is -4.46. The van der Waals surface area contributed by atoms with E-state index in [1.165, 1.54) is 19.1 Å². The average molecular weight is 504 g/mol. The van der Waals surface area contributed by atoms with Gasteiger partial charge in [0.25, 0.3) is 11.7 Å². The molecule has 0 aromatic heterocycles. The van der Waals surface area contributed by atoms with Gasteiger partial charge in [-0.2, -0.15) is 0 Å². The molecule has 0 spiro atoms. The van der Waals surface area contributed by atoms with Gasteiger partial charge in [0.15, 0.2) is 0 Å². The number of aliphatic hydroxyl groups excluding tert-OH is 1. The number of carbonyl (C=O) groups excluding carboxylic acids is 2. The van der Waals surface area contributed by atoms with Crippen molar-refractivity contribution < 1.29 is 33.6 Å². The number of ether oxygens (including phenoxy) is 4. The Kier molecular flexibility index (Phi) is 7.67. The molecule has 4 rings (SSSR count). The fourth-order valence-corrected chi connectivity index (χ4v) is 4.37. The van der Waals surface area contributed by atoms with Gasteiger partial charge in [-0.15, -0.1) is 0 Å². The first-order valence-corrected chi connectivity index (χ1v) is 11.8. The molecule has 1 saturated heterocycles. The Balaban J connectivity index is 1.97. The smallest absolute Gasteiger partial charge is 0.300 e. The van der Waals surface area contributed by atoms with Crippen molar-refractivity contribution in [3.8, 4) is 23.0 Å². The van der Waals surface area contributed by atoms with Crippen LogP contribution in [0.25, 0.3) is 5.76 Å². The van der Waals surface area contributed by atoms with Crippen molar-refractivity contribution in [2.75, 3.05) is 32.8 Å². The molecule has 1 fully saturated rings. The van der Waals surface area contributed by atoms with Crippen molar-refractivity contribution in [3.63, 3.8) is 0 Å². The van der Waals surface area contributed by atoms with Crippen molar-refractivity contribution in [2.24, 2.45) is 0 Å². The van der Waals surface area contributed by atoms with Crippen LogP contribution < -0.4 is 23.8 Å². The Morgan fingerprint density at radius 3 is 2.11 bits per heavy atom. The SMILES string of the molecule is CCCOc1cccc(C2/C(=C(\O)c3c(OC)cccc3OC)C(=O)C(=O)N2c2ccc(OC)cc2)c1. The fourth-order valence-electron chi connectivity index (χ4n) is 4.37. The van der Waals surface area contributed by atoms with E-state index in [1.54, 1.807) is 67.8 Å². The molecule has 192 valence electrons. The third kappa shape index (κ3) is 4.82. The van der Waals surface area contributed by atoms with E-state index in [2.05, 4.69) is 0 Å². The minimum absolute atomic E-state index is 0.0868. The maximum absolute atomic E-state index is 13.5. The van der Waals surface area contributed by atoms with Gasteiger partial charge in [-0.05, 0) is 60.5 Å². The topological polar surface area (TPSA) is 94.5 Å². The molecule has 0 saturated carbocycles. The normalized spacial score (nSPS) is 16.5. The highest BCUT2D eigenvalue weighted by atomic mass is 16.5. The molecule has 1 amide bonds. The maximum atomic E-state index is 13.5. The van der Waals surface area contributed by atoms with Gasteiger partial charge in [-0.3, -0.25) is 14.5 Å². The van der Waals surface area contributed by atoms with E-state index in [0.29, 0.717) is 40.9 Å². The molecular weight excluding hydrogens is 474 g/mol. The highest BCUT2D eigenvalue weighted by Gasteiger charge is 2.47. The second kappa shape index (κ2) is 11.1. The summed E-state index contributed by atoms with van der Waals surface area (Å²) in [5, 5.41) is 11.6. The fraction of sp³-hybridized carbons (Fsp3) is 0.241. The molecule has 1 aliphatic heterocycles. The largest absolute Gasteiger partial charge is 0.506 e. The lowest BCUT2D eigenvalue weighted by Gasteiger charge is -2.26. The van der Waals surface area contributed by atoms with Gasteiger partial charge in [-0.25, -0.2) is 0 Å². The third-order valence-corrected chi connectivity index (χ3v) is 6.11. The summed E-state index contributed by atoms with van der Waals surface area (Å²) < 4.78 is 22.0. The number of hydrogen-bond donors (Lipinski definition) is 1. The van der Waals surface area contributed by atoms with E-state index in [1.807, 2.05) is 13.0 Å². The number of aliphatic hydroxyl groups is 1. The van der Waals surface area contributed by atoms with Crippen LogP contribution in [0.15, 0.2) is 72.3 Å². The first-order chi connectivity index (χ1) is 17.9. The maximum Gasteiger partial charge on any atom is 0.300 e. The molecule has 0 aliphatic carbocycles. The molecular formula is C29H29NO7. The van der Waals surface area contributed by atoms with Gasteiger partial charge < -0.3 is 24.1 Å². The summed E-state index contributed by atoms with van der Waals surface area (Å²) in [6.45, 7) is 2.52. The standard InChI is InChI=1S/C29H29NO7/c1-5-16-37-21-9-6-8-18(17-21)26-25(27(31)24-22(35-3)10-7-11-23(24)36-4)28(32)29(33)30(26)19-12-14-20(34-2)15-13-19/h6-15,17,26,31H,5,16H2,1-4H3/b27-25+. The zero-order chi connectivity index (χ0) is 26.5. The van der Waals surface area contributed by atoms with Crippen molar-refractivity contribution >= 4 is 23.1 Å². The molecule has 8 heteroatoms. The van der Waals surface area contributed by atoms with Crippen LogP contribution in [0.5, 0.6) is 23.0 Å². The van der Waals surface area contributed by atoms with Crippen LogP contribution in [-0.4, -0.2) is 44.7 Å². The van der Waals surface area contributed by atoms with Crippen LogP contribution in [0, 0.1) is 0 Å². The molecule has 0 bridgehead atoms. The number of Topliss-reactive ketones (excluding diaryl/α,β-unsaturated/α-hetero) is 1. The Morgan fingerprint density at radius 2 is 1.51 bits per heavy atom. The van der Waals surface area contributed by atoms with Crippen molar-refractivity contribution in [1.82, 2.24) is 0 Å². The van der Waals surface area contributed by atoms with Gasteiger partial charge in [0.1, 0.15) is 34.3 Å². The molecule has 8 nitrogen and oxygen atoms in total. The third-order valence-electron chi connectivity index (χ3n) is 6.11. The molecule has 1 heterocycles. The first kappa shape index (κ1) is 25.6. The highest BCUT2D eigenvalue weighted by molar-refractivity contribution is 6.51. The lowest BCUT2D eigenvalue weighted by atomic mass is 9.94. The summed E-state index contributed by atoms with van der Waals surface area (Å²) in [6, 6.07) is 18.0. The van der Waals surface area contributed by atoms with E-state index in [-0.39, 0.29) is 11.1 Å². The van der Waals surface area contributed by atoms with Crippen molar-refractivity contribution in [3.05, 3.63) is 83.4 Å². The molecule has 1 atom stereocenters. The number of carbonyl (C=O) groups is 2. The Morgan fingerprint density at radius 1 is 0.865 bits per heavy atom. The number of benzene rings is 3. The summed E-state index contributed by atoms with van der Waals surface area (Å²) in [7, 11) is 4.45. The predicted octanol–water partition coefficient (Wildman–Crippen LogP) is 5.13. The number of anilines is 1. The van der Waals surface area contributed by atoms with E-state index >= 15 is 0 Å². The zero-order valence-corrected chi connectivity index (χ0v) is 21.2. The van der Waals surface area contributed by atoms with Crippen LogP contribution in [0.2, 0.25) is 0 Å². The summed E-state index contributed by atoms with van der Waals surface area (Å²) in [5.74, 6) is -0.206. The van der Waals surface area contributed by atoms with Crippen molar-refractivity contribution in [2.45, 2.75) is 19.4 Å². The number of methoxy groups -OCH3 is 3. The molecule has 1 aliphatic rings. The zero-order valence-electron chi connectivity index (χ0n) is 21.2. The molecule has 1 N–H and O–H groups in total. The average Bonchev–Trinajstić information content (AvgIpc) is 3.21.